The molecule has 1 atom stereocenters. The van der Waals surface area contributed by atoms with E-state index in [1.807, 2.05) is 0 Å². The van der Waals surface area contributed by atoms with Crippen molar-refractivity contribution in [2.45, 2.75) is 55.8 Å². The number of aldehydes is 1. The number of benzene rings is 3. The first-order valence-electron chi connectivity index (χ1n) is 23.1. The Labute approximate surface area is 412 Å². The van der Waals surface area contributed by atoms with Gasteiger partial charge in [-0.05, 0) is 84.3 Å². The number of nitrogens with one attached hydrogen (secondary N) is 3. The third kappa shape index (κ3) is 11.0. The molecule has 22 heteroatoms. The predicted molar refractivity (Wildman–Crippen MR) is 259 cm³/mol. The van der Waals surface area contributed by atoms with Crippen LogP contribution in [0.4, 0.5) is 30.2 Å². The Kier molecular flexibility index (Phi) is 13.9. The molecule has 3 saturated heterocycles. The second kappa shape index (κ2) is 19.8. The minimum Gasteiger partial charge on any atom is -0.455 e. The number of allylic oxidation sites excluding steroid dienone is 1. The Hall–Kier alpha value is -6.10. The molecular formula is C49H52ClF3N8O9S. The highest BCUT2D eigenvalue weighted by Gasteiger charge is 2.41. The monoisotopic (exact) mass is 1020 g/mol. The van der Waals surface area contributed by atoms with Crippen molar-refractivity contribution < 1.29 is 50.3 Å². The Morgan fingerprint density at radius 1 is 1.06 bits per heavy atom. The van der Waals surface area contributed by atoms with Gasteiger partial charge in [-0.1, -0.05) is 37.1 Å². The molecule has 0 spiro atoms. The molecule has 1 aliphatic carbocycles. The summed E-state index contributed by atoms with van der Waals surface area (Å²) in [6.45, 7) is 9.30. The van der Waals surface area contributed by atoms with Crippen LogP contribution >= 0.6 is 11.6 Å². The van der Waals surface area contributed by atoms with Crippen molar-refractivity contribution in [1.29, 1.82) is 0 Å². The number of nitrogens with zero attached hydrogens (tertiary/aromatic N) is 5. The number of H-pyrrole nitrogens is 1. The van der Waals surface area contributed by atoms with E-state index >= 15 is 0 Å². The van der Waals surface area contributed by atoms with Crippen LogP contribution in [-0.2, 0) is 30.5 Å². The van der Waals surface area contributed by atoms with Gasteiger partial charge in [-0.15, -0.1) is 0 Å². The lowest BCUT2D eigenvalue weighted by Gasteiger charge is -2.45. The van der Waals surface area contributed by atoms with Gasteiger partial charge in [0.2, 0.25) is 0 Å². The molecule has 3 aromatic carbocycles. The fraction of sp³-hybridized carbons (Fsp3) is 0.408. The number of carbonyl (C=O) groups is 2. The Balaban J connectivity index is 0.920. The summed E-state index contributed by atoms with van der Waals surface area (Å²) >= 11 is 6.54. The van der Waals surface area contributed by atoms with Gasteiger partial charge in [0.15, 0.2) is 11.9 Å². The van der Waals surface area contributed by atoms with Crippen LogP contribution in [0.2, 0.25) is 5.02 Å². The largest absolute Gasteiger partial charge is 0.455 e. The van der Waals surface area contributed by atoms with Gasteiger partial charge in [-0.2, -0.15) is 13.2 Å². The van der Waals surface area contributed by atoms with Crippen LogP contribution < -0.4 is 19.7 Å². The lowest BCUT2D eigenvalue weighted by molar-refractivity contribution is -0.384. The van der Waals surface area contributed by atoms with E-state index in [4.69, 9.17) is 25.8 Å². The molecule has 9 rings (SSSR count). The molecule has 1 amide bonds. The summed E-state index contributed by atoms with van der Waals surface area (Å²) < 4.78 is 87.7. The van der Waals surface area contributed by atoms with E-state index < -0.39 is 48.8 Å². The van der Waals surface area contributed by atoms with Crippen molar-refractivity contribution in [2.75, 3.05) is 82.4 Å². The van der Waals surface area contributed by atoms with Gasteiger partial charge >= 0.3 is 6.18 Å². The number of halogens is 4. The number of rotatable bonds is 15. The quantitative estimate of drug-likeness (QED) is 0.0519. The lowest BCUT2D eigenvalue weighted by Crippen LogP contribution is -2.62. The number of hydrogen-bond donors (Lipinski definition) is 3. The van der Waals surface area contributed by atoms with Crippen molar-refractivity contribution in [1.82, 2.24) is 24.5 Å². The molecule has 0 radical (unpaired) electrons. The normalized spacial score (nSPS) is 20.4. The average molecular weight is 1020 g/mol. The van der Waals surface area contributed by atoms with Gasteiger partial charge in [0.1, 0.15) is 22.8 Å². The standard InChI is InChI=1S/C49H52ClF3N8O9S/c1-47(2)11-9-32(40(23-47)38-6-3-33(20-41(38)50)49(51,52)53)25-58-13-15-59(16-14-58)34-4-7-39(44(21-34)70-36-19-31-10-12-54-45(31)55-24-36)46(63)57-71(66,67)37-5-8-42(43(22-37)61(64)65)56-28-48(30-62)29-60(17-18-69-48)35-26-68-27-35/h3-8,10,12,19-22,24,30,35,56H,9,11,13-18,23,25-29H2,1-2H3,(H,54,55)(H,57,63). The number of pyridine rings is 1. The number of nitro benzene ring substituents is 1. The second-order valence-corrected chi connectivity index (χ2v) is 21.3. The number of hydrogen-bond acceptors (Lipinski definition) is 14. The number of fused-ring (bicyclic) bond motifs is 1. The fourth-order valence-electron chi connectivity index (χ4n) is 9.50. The molecule has 4 aliphatic rings. The number of nitro groups is 1. The smallest absolute Gasteiger partial charge is 0.416 e. The van der Waals surface area contributed by atoms with E-state index in [2.05, 4.69) is 48.6 Å². The van der Waals surface area contributed by atoms with Crippen LogP contribution in [0.3, 0.4) is 0 Å². The number of anilines is 2. The van der Waals surface area contributed by atoms with Gasteiger partial charge in [0.25, 0.3) is 21.6 Å². The third-order valence-electron chi connectivity index (χ3n) is 13.6. The molecule has 17 nitrogen and oxygen atoms in total. The Morgan fingerprint density at radius 2 is 1.85 bits per heavy atom. The fourth-order valence-corrected chi connectivity index (χ4v) is 10.8. The lowest BCUT2D eigenvalue weighted by atomic mass is 9.72. The summed E-state index contributed by atoms with van der Waals surface area (Å²) in [5.41, 5.74) is 1.03. The molecule has 2 aromatic heterocycles. The topological polar surface area (TPSA) is 202 Å². The van der Waals surface area contributed by atoms with Gasteiger partial charge in [-0.3, -0.25) is 24.7 Å². The number of morpholine rings is 1. The molecule has 0 saturated carbocycles. The molecule has 71 heavy (non-hydrogen) atoms. The van der Waals surface area contributed by atoms with Crippen LogP contribution in [0, 0.1) is 15.5 Å². The summed E-state index contributed by atoms with van der Waals surface area (Å²) in [5, 5.41) is 16.0. The summed E-state index contributed by atoms with van der Waals surface area (Å²) in [6.07, 6.45) is 1.68. The maximum Gasteiger partial charge on any atom is 0.416 e. The highest BCUT2D eigenvalue weighted by atomic mass is 35.5. The van der Waals surface area contributed by atoms with E-state index in [0.29, 0.717) is 82.1 Å². The number of aromatic nitrogens is 2. The van der Waals surface area contributed by atoms with Crippen LogP contribution in [0.25, 0.3) is 16.6 Å². The minimum atomic E-state index is -4.72. The number of alkyl halides is 3. The zero-order chi connectivity index (χ0) is 50.3. The average Bonchev–Trinajstić information content (AvgIpc) is 3.79. The first-order valence-corrected chi connectivity index (χ1v) is 25.0. The van der Waals surface area contributed by atoms with Crippen molar-refractivity contribution in [2.24, 2.45) is 5.41 Å². The van der Waals surface area contributed by atoms with Gasteiger partial charge in [0.05, 0.1) is 59.5 Å². The van der Waals surface area contributed by atoms with E-state index in [-0.39, 0.29) is 58.9 Å². The van der Waals surface area contributed by atoms with E-state index in [1.54, 1.807) is 30.5 Å². The molecule has 3 aliphatic heterocycles. The van der Waals surface area contributed by atoms with Crippen LogP contribution in [0.5, 0.6) is 11.5 Å². The van der Waals surface area contributed by atoms with Crippen molar-refractivity contribution in [3.8, 4) is 11.5 Å². The SMILES string of the molecule is CC1(C)CCC(CN2CCN(c3ccc(C(=O)NS(=O)(=O)c4ccc(NCC5(C=O)CN(C6COC6)CCO5)c([N+](=O)[O-])c4)c(Oc4cnc5[nH]ccc5c4)c3)CC2)=C(c2ccc(C(F)(F)F)cc2Cl)C1. The van der Waals surface area contributed by atoms with E-state index in [1.165, 1.54) is 24.4 Å². The first kappa shape index (κ1) is 49.9. The predicted octanol–water partition coefficient (Wildman–Crippen LogP) is 7.92. The van der Waals surface area contributed by atoms with Gasteiger partial charge < -0.3 is 34.2 Å². The Bertz CT molecular complexity index is 3010. The number of ether oxygens (including phenoxy) is 3. The van der Waals surface area contributed by atoms with Crippen molar-refractivity contribution in [3.05, 3.63) is 117 Å². The summed E-state index contributed by atoms with van der Waals surface area (Å²) in [5.74, 6) is -0.777. The number of sulfonamides is 1. The highest BCUT2D eigenvalue weighted by Crippen LogP contribution is 2.46. The minimum absolute atomic E-state index is 0.0188. The number of amides is 1. The molecule has 5 heterocycles. The molecule has 1 unspecified atom stereocenters. The molecule has 3 N–H and O–H groups in total. The number of aromatic amines is 1. The summed E-state index contributed by atoms with van der Waals surface area (Å²) in [7, 11) is -4.72. The van der Waals surface area contributed by atoms with Crippen molar-refractivity contribution >= 4 is 67.5 Å². The van der Waals surface area contributed by atoms with Crippen molar-refractivity contribution in [3.63, 3.8) is 0 Å². The maximum atomic E-state index is 14.0. The highest BCUT2D eigenvalue weighted by molar-refractivity contribution is 7.90. The molecular weight excluding hydrogens is 969 g/mol. The third-order valence-corrected chi connectivity index (χ3v) is 15.3. The van der Waals surface area contributed by atoms with Crippen LogP contribution in [-0.4, -0.2) is 129 Å². The second-order valence-electron chi connectivity index (χ2n) is 19.2. The maximum absolute atomic E-state index is 14.0. The first-order chi connectivity index (χ1) is 33.8. The molecule has 376 valence electrons. The Morgan fingerprint density at radius 3 is 2.55 bits per heavy atom. The summed E-state index contributed by atoms with van der Waals surface area (Å²) in [6, 6.07) is 15.1. The van der Waals surface area contributed by atoms with Gasteiger partial charge in [0, 0.05) is 80.2 Å². The van der Waals surface area contributed by atoms with Crippen LogP contribution in [0.15, 0.2) is 89.6 Å². The number of piperazine rings is 1. The zero-order valence-electron chi connectivity index (χ0n) is 38.9. The summed E-state index contributed by atoms with van der Waals surface area (Å²) in [4.78, 5) is 51.2. The molecule has 0 bridgehead atoms. The van der Waals surface area contributed by atoms with Gasteiger partial charge in [-0.25, -0.2) is 18.1 Å². The van der Waals surface area contributed by atoms with E-state index in [9.17, 15) is 41.3 Å². The zero-order valence-corrected chi connectivity index (χ0v) is 40.5. The molecule has 3 fully saturated rings. The van der Waals surface area contributed by atoms with E-state index in [0.717, 1.165) is 53.6 Å². The number of carbonyl (C=O) groups excluding carboxylic acids is 2. The molecule has 5 aromatic rings. The van der Waals surface area contributed by atoms with Crippen LogP contribution in [0.1, 0.15) is 54.6 Å².